The molecule has 0 spiro atoms. The van der Waals surface area contributed by atoms with Gasteiger partial charge in [-0.3, -0.25) is 19.7 Å². The van der Waals surface area contributed by atoms with E-state index in [1.807, 2.05) is 6.07 Å². The number of ketones is 1. The number of nitro benzene ring substituents is 1. The lowest BCUT2D eigenvalue weighted by Gasteiger charge is -2.29. The van der Waals surface area contributed by atoms with E-state index < -0.39 is 22.7 Å². The van der Waals surface area contributed by atoms with Crippen LogP contribution in [0.1, 0.15) is 30.4 Å². The largest absolute Gasteiger partial charge is 0.465 e. The number of allylic oxidation sites excluding steroid dienone is 2. The number of benzene rings is 2. The van der Waals surface area contributed by atoms with Gasteiger partial charge < -0.3 is 14.2 Å². The number of rotatable bonds is 5. The molecule has 0 saturated carbocycles. The zero-order chi connectivity index (χ0) is 21.3. The Morgan fingerprint density at radius 2 is 2.00 bits per heavy atom. The Morgan fingerprint density at radius 1 is 1.20 bits per heavy atom. The van der Waals surface area contributed by atoms with Crippen molar-refractivity contribution in [3.63, 3.8) is 0 Å². The molecule has 0 N–H and O–H groups in total. The maximum absolute atomic E-state index is 13.0. The van der Waals surface area contributed by atoms with Gasteiger partial charge in [-0.15, -0.1) is 0 Å². The number of ether oxygens (including phenoxy) is 3. The Kier molecular flexibility index (Phi) is 5.22. The maximum atomic E-state index is 13.0. The van der Waals surface area contributed by atoms with Crippen LogP contribution in [0.15, 0.2) is 48.5 Å². The van der Waals surface area contributed by atoms with Crippen LogP contribution in [0.5, 0.6) is 11.5 Å². The first-order valence-electron chi connectivity index (χ1n) is 9.53. The Labute approximate surface area is 172 Å². The molecule has 0 radical (unpaired) electrons. The predicted octanol–water partition coefficient (Wildman–Crippen LogP) is 3.64. The molecule has 0 bridgehead atoms. The van der Waals surface area contributed by atoms with Crippen molar-refractivity contribution in [3.05, 3.63) is 69.8 Å². The number of hydrogen-bond acceptors (Lipinski definition) is 7. The second kappa shape index (κ2) is 7.98. The van der Waals surface area contributed by atoms with E-state index in [0.717, 1.165) is 11.1 Å². The molecule has 1 aliphatic carbocycles. The van der Waals surface area contributed by atoms with Gasteiger partial charge in [-0.2, -0.15) is 0 Å². The molecule has 0 fully saturated rings. The number of nitro groups is 1. The van der Waals surface area contributed by atoms with Gasteiger partial charge in [0.2, 0.25) is 6.79 Å². The van der Waals surface area contributed by atoms with Crippen LogP contribution in [0.3, 0.4) is 0 Å². The molecule has 154 valence electrons. The minimum atomic E-state index is -1.05. The standard InChI is InChI=1S/C22H19NO7/c1-2-28-22(25)21-17(14-4-3-5-16(8-14)23(26)27)9-15(10-18(21)24)13-6-7-19-20(11-13)30-12-29-19/h3-8,10-11,17,21H,2,9,12H2,1H3. The highest BCUT2D eigenvalue weighted by Crippen LogP contribution is 2.43. The highest BCUT2D eigenvalue weighted by atomic mass is 16.7. The topological polar surface area (TPSA) is 105 Å². The molecular formula is C22H19NO7. The number of non-ortho nitro benzene ring substituents is 1. The Morgan fingerprint density at radius 3 is 2.77 bits per heavy atom. The average Bonchev–Trinajstić information content (AvgIpc) is 3.21. The second-order valence-electron chi connectivity index (χ2n) is 7.03. The zero-order valence-corrected chi connectivity index (χ0v) is 16.2. The van der Waals surface area contributed by atoms with Gasteiger partial charge in [-0.05, 0) is 48.3 Å². The first kappa shape index (κ1) is 19.6. The van der Waals surface area contributed by atoms with Crippen molar-refractivity contribution < 1.29 is 28.7 Å². The van der Waals surface area contributed by atoms with Crippen molar-refractivity contribution in [1.29, 1.82) is 0 Å². The predicted molar refractivity (Wildman–Crippen MR) is 106 cm³/mol. The number of nitrogens with zero attached hydrogens (tertiary/aromatic N) is 1. The number of esters is 1. The molecule has 2 aromatic carbocycles. The van der Waals surface area contributed by atoms with E-state index in [-0.39, 0.29) is 24.9 Å². The Hall–Kier alpha value is -3.68. The fourth-order valence-electron chi connectivity index (χ4n) is 3.86. The summed E-state index contributed by atoms with van der Waals surface area (Å²) in [6.45, 7) is 1.95. The van der Waals surface area contributed by atoms with Gasteiger partial charge in [0, 0.05) is 18.1 Å². The van der Waals surface area contributed by atoms with Crippen LogP contribution < -0.4 is 9.47 Å². The van der Waals surface area contributed by atoms with Crippen molar-refractivity contribution in [1.82, 2.24) is 0 Å². The minimum absolute atomic E-state index is 0.0956. The summed E-state index contributed by atoms with van der Waals surface area (Å²) in [6, 6.07) is 11.4. The van der Waals surface area contributed by atoms with E-state index in [1.165, 1.54) is 18.2 Å². The van der Waals surface area contributed by atoms with Crippen LogP contribution in [0.4, 0.5) is 5.69 Å². The summed E-state index contributed by atoms with van der Waals surface area (Å²) in [5, 5.41) is 11.2. The van der Waals surface area contributed by atoms with Gasteiger partial charge in [-0.1, -0.05) is 18.2 Å². The summed E-state index contributed by atoms with van der Waals surface area (Å²) in [5.74, 6) is -1.43. The average molecular weight is 409 g/mol. The van der Waals surface area contributed by atoms with Gasteiger partial charge in [0.1, 0.15) is 5.92 Å². The summed E-state index contributed by atoms with van der Waals surface area (Å²) >= 11 is 0. The van der Waals surface area contributed by atoms with Crippen LogP contribution in [-0.4, -0.2) is 30.1 Å². The summed E-state index contributed by atoms with van der Waals surface area (Å²) in [4.78, 5) is 36.3. The molecule has 0 amide bonds. The van der Waals surface area contributed by atoms with Gasteiger partial charge in [-0.25, -0.2) is 0 Å². The normalized spacial score (nSPS) is 19.9. The lowest BCUT2D eigenvalue weighted by molar-refractivity contribution is -0.384. The molecule has 1 heterocycles. The third-order valence-electron chi connectivity index (χ3n) is 5.26. The van der Waals surface area contributed by atoms with Crippen LogP contribution in [0.25, 0.3) is 5.57 Å². The van der Waals surface area contributed by atoms with Gasteiger partial charge >= 0.3 is 5.97 Å². The molecule has 2 unspecified atom stereocenters. The zero-order valence-electron chi connectivity index (χ0n) is 16.2. The molecule has 2 atom stereocenters. The second-order valence-corrected chi connectivity index (χ2v) is 7.03. The molecule has 0 saturated heterocycles. The molecule has 4 rings (SSSR count). The van der Waals surface area contributed by atoms with Gasteiger partial charge in [0.25, 0.3) is 5.69 Å². The van der Waals surface area contributed by atoms with E-state index in [1.54, 1.807) is 31.2 Å². The molecule has 2 aromatic rings. The molecular weight excluding hydrogens is 390 g/mol. The van der Waals surface area contributed by atoms with Crippen LogP contribution in [0.2, 0.25) is 0 Å². The quantitative estimate of drug-likeness (QED) is 0.321. The van der Waals surface area contributed by atoms with Crippen molar-refractivity contribution in [2.75, 3.05) is 13.4 Å². The van der Waals surface area contributed by atoms with Crippen LogP contribution >= 0.6 is 0 Å². The number of carbonyl (C=O) groups is 2. The lowest BCUT2D eigenvalue weighted by Crippen LogP contribution is -2.34. The van der Waals surface area contributed by atoms with Crippen molar-refractivity contribution in [3.8, 4) is 11.5 Å². The highest BCUT2D eigenvalue weighted by Gasteiger charge is 2.40. The summed E-state index contributed by atoms with van der Waals surface area (Å²) in [7, 11) is 0. The minimum Gasteiger partial charge on any atom is -0.465 e. The molecule has 8 nitrogen and oxygen atoms in total. The van der Waals surface area contributed by atoms with Crippen molar-refractivity contribution in [2.45, 2.75) is 19.3 Å². The van der Waals surface area contributed by atoms with E-state index in [9.17, 15) is 19.7 Å². The lowest BCUT2D eigenvalue weighted by atomic mass is 9.73. The Balaban J connectivity index is 1.75. The summed E-state index contributed by atoms with van der Waals surface area (Å²) in [5.41, 5.74) is 1.93. The first-order valence-corrected chi connectivity index (χ1v) is 9.53. The molecule has 30 heavy (non-hydrogen) atoms. The fraction of sp³-hybridized carbons (Fsp3) is 0.273. The summed E-state index contributed by atoms with van der Waals surface area (Å²) < 4.78 is 15.9. The molecule has 0 aromatic heterocycles. The van der Waals surface area contributed by atoms with Crippen molar-refractivity contribution >= 4 is 23.0 Å². The van der Waals surface area contributed by atoms with E-state index >= 15 is 0 Å². The molecule has 8 heteroatoms. The van der Waals surface area contributed by atoms with Gasteiger partial charge in [0.15, 0.2) is 17.3 Å². The third kappa shape index (κ3) is 3.63. The van der Waals surface area contributed by atoms with Crippen LogP contribution in [-0.2, 0) is 14.3 Å². The third-order valence-corrected chi connectivity index (χ3v) is 5.26. The smallest absolute Gasteiger partial charge is 0.317 e. The van der Waals surface area contributed by atoms with Crippen molar-refractivity contribution in [2.24, 2.45) is 5.92 Å². The maximum Gasteiger partial charge on any atom is 0.317 e. The van der Waals surface area contributed by atoms with E-state index in [0.29, 0.717) is 23.5 Å². The SMILES string of the molecule is CCOC(=O)C1C(=O)C=C(c2ccc3c(c2)OCO3)CC1c1cccc([N+](=O)[O-])c1. The summed E-state index contributed by atoms with van der Waals surface area (Å²) in [6.07, 6.45) is 1.79. The highest BCUT2D eigenvalue weighted by molar-refractivity contribution is 6.10. The Bertz CT molecular complexity index is 1060. The monoisotopic (exact) mass is 409 g/mol. The number of fused-ring (bicyclic) bond motifs is 1. The number of hydrogen-bond donors (Lipinski definition) is 0. The fourth-order valence-corrected chi connectivity index (χ4v) is 3.86. The van der Waals surface area contributed by atoms with Crippen LogP contribution in [0, 0.1) is 16.0 Å². The van der Waals surface area contributed by atoms with E-state index in [2.05, 4.69) is 0 Å². The van der Waals surface area contributed by atoms with Gasteiger partial charge in [0.05, 0.1) is 11.5 Å². The number of carbonyl (C=O) groups excluding carboxylic acids is 2. The molecule has 2 aliphatic rings. The van der Waals surface area contributed by atoms with E-state index in [4.69, 9.17) is 14.2 Å². The molecule has 1 aliphatic heterocycles. The first-order chi connectivity index (χ1) is 14.5.